The van der Waals surface area contributed by atoms with Gasteiger partial charge in [-0.25, -0.2) is 0 Å². The molecule has 1 fully saturated rings. The van der Waals surface area contributed by atoms with E-state index in [9.17, 15) is 4.79 Å². The van der Waals surface area contributed by atoms with E-state index in [1.165, 1.54) is 0 Å². The van der Waals surface area contributed by atoms with Gasteiger partial charge in [-0.15, -0.1) is 10.2 Å². The van der Waals surface area contributed by atoms with E-state index in [4.69, 9.17) is 14.2 Å². The molecule has 1 unspecified atom stereocenters. The highest BCUT2D eigenvalue weighted by Gasteiger charge is 2.23. The van der Waals surface area contributed by atoms with Crippen LogP contribution in [0.15, 0.2) is 30.3 Å². The van der Waals surface area contributed by atoms with Gasteiger partial charge < -0.3 is 24.8 Å². The van der Waals surface area contributed by atoms with E-state index in [-0.39, 0.29) is 12.0 Å². The average molecular weight is 358 g/mol. The summed E-state index contributed by atoms with van der Waals surface area (Å²) >= 11 is 0. The minimum Gasteiger partial charge on any atom is -0.493 e. The maximum absolute atomic E-state index is 12.0. The maximum atomic E-state index is 12.0. The van der Waals surface area contributed by atoms with Crippen LogP contribution in [0.2, 0.25) is 0 Å². The van der Waals surface area contributed by atoms with Crippen molar-refractivity contribution in [3.05, 3.63) is 35.9 Å². The normalized spacial score (nSPS) is 16.2. The van der Waals surface area contributed by atoms with E-state index in [2.05, 4.69) is 20.8 Å². The smallest absolute Gasteiger partial charge is 0.254 e. The molecule has 2 aromatic rings. The summed E-state index contributed by atoms with van der Waals surface area (Å²) in [4.78, 5) is 12.0. The van der Waals surface area contributed by atoms with Gasteiger partial charge in [-0.1, -0.05) is 6.07 Å². The molecule has 3 rings (SSSR count). The van der Waals surface area contributed by atoms with E-state index < -0.39 is 0 Å². The summed E-state index contributed by atoms with van der Waals surface area (Å²) in [7, 11) is 3.20. The summed E-state index contributed by atoms with van der Waals surface area (Å²) in [5.41, 5.74) is 1.01. The largest absolute Gasteiger partial charge is 0.493 e. The molecular formula is C18H22N4O4. The fraction of sp³-hybridized carbons (Fsp3) is 0.389. The zero-order chi connectivity index (χ0) is 18.4. The lowest BCUT2D eigenvalue weighted by Gasteiger charge is -2.11. The predicted octanol–water partition coefficient (Wildman–Crippen LogP) is 2.22. The number of ether oxygens (including phenoxy) is 3. The van der Waals surface area contributed by atoms with Crippen molar-refractivity contribution in [3.8, 4) is 11.5 Å². The number of rotatable bonds is 7. The second-order valence-corrected chi connectivity index (χ2v) is 5.84. The molecule has 2 heterocycles. The van der Waals surface area contributed by atoms with Crippen LogP contribution in [0.25, 0.3) is 0 Å². The molecule has 8 nitrogen and oxygen atoms in total. The number of carbonyl (C=O) groups is 1. The first kappa shape index (κ1) is 17.9. The van der Waals surface area contributed by atoms with Crippen LogP contribution in [0.1, 0.15) is 18.4 Å². The number of anilines is 2. The van der Waals surface area contributed by atoms with Crippen LogP contribution >= 0.6 is 0 Å². The SMILES string of the molecule is COc1ccc(CNc2ccc(NC(=O)C3CCCO3)nn2)cc1OC. The lowest BCUT2D eigenvalue weighted by Crippen LogP contribution is -2.27. The molecule has 138 valence electrons. The number of nitrogens with zero attached hydrogens (tertiary/aromatic N) is 2. The predicted molar refractivity (Wildman–Crippen MR) is 96.5 cm³/mol. The molecule has 0 radical (unpaired) electrons. The zero-order valence-electron chi connectivity index (χ0n) is 14.8. The Morgan fingerprint density at radius 2 is 1.92 bits per heavy atom. The minimum atomic E-state index is -0.389. The second-order valence-electron chi connectivity index (χ2n) is 5.84. The lowest BCUT2D eigenvalue weighted by atomic mass is 10.2. The molecule has 26 heavy (non-hydrogen) atoms. The molecule has 1 aromatic carbocycles. The van der Waals surface area contributed by atoms with Crippen molar-refractivity contribution in [2.45, 2.75) is 25.5 Å². The summed E-state index contributed by atoms with van der Waals surface area (Å²) in [6.07, 6.45) is 1.26. The maximum Gasteiger partial charge on any atom is 0.254 e. The van der Waals surface area contributed by atoms with Gasteiger partial charge in [0.2, 0.25) is 0 Å². The highest BCUT2D eigenvalue weighted by atomic mass is 16.5. The molecule has 1 aliphatic rings. The van der Waals surface area contributed by atoms with Crippen molar-refractivity contribution in [2.75, 3.05) is 31.5 Å². The van der Waals surface area contributed by atoms with Crippen LogP contribution in [-0.4, -0.2) is 43.0 Å². The Bertz CT molecular complexity index is 745. The van der Waals surface area contributed by atoms with Crippen LogP contribution in [0.4, 0.5) is 11.6 Å². The number of nitrogens with one attached hydrogen (secondary N) is 2. The molecule has 1 amide bonds. The Morgan fingerprint density at radius 3 is 2.58 bits per heavy atom. The third kappa shape index (κ3) is 4.40. The Kier molecular flexibility index (Phi) is 5.85. The molecule has 0 bridgehead atoms. The molecule has 1 saturated heterocycles. The number of amides is 1. The van der Waals surface area contributed by atoms with Crippen LogP contribution in [0, 0.1) is 0 Å². The van der Waals surface area contributed by atoms with Crippen molar-refractivity contribution >= 4 is 17.5 Å². The van der Waals surface area contributed by atoms with Gasteiger partial charge in [0.15, 0.2) is 17.3 Å². The first-order valence-electron chi connectivity index (χ1n) is 8.40. The second kappa shape index (κ2) is 8.48. The minimum absolute atomic E-state index is 0.178. The summed E-state index contributed by atoms with van der Waals surface area (Å²) in [6.45, 7) is 1.18. The Labute approximate surface area is 151 Å². The van der Waals surface area contributed by atoms with E-state index in [1.54, 1.807) is 26.4 Å². The molecule has 0 saturated carbocycles. The molecule has 8 heteroatoms. The third-order valence-electron chi connectivity index (χ3n) is 4.06. The van der Waals surface area contributed by atoms with E-state index in [1.807, 2.05) is 18.2 Å². The monoisotopic (exact) mass is 358 g/mol. The number of hydrogen-bond donors (Lipinski definition) is 2. The summed E-state index contributed by atoms with van der Waals surface area (Å²) < 4.78 is 15.9. The molecule has 0 spiro atoms. The first-order chi connectivity index (χ1) is 12.7. The highest BCUT2D eigenvalue weighted by molar-refractivity contribution is 5.93. The number of hydrogen-bond acceptors (Lipinski definition) is 7. The first-order valence-corrected chi connectivity index (χ1v) is 8.40. The third-order valence-corrected chi connectivity index (χ3v) is 4.06. The van der Waals surface area contributed by atoms with Crippen molar-refractivity contribution in [1.29, 1.82) is 0 Å². The van der Waals surface area contributed by atoms with Crippen LogP contribution in [-0.2, 0) is 16.1 Å². The van der Waals surface area contributed by atoms with E-state index >= 15 is 0 Å². The quantitative estimate of drug-likeness (QED) is 0.784. The lowest BCUT2D eigenvalue weighted by molar-refractivity contribution is -0.124. The topological polar surface area (TPSA) is 94.6 Å². The Morgan fingerprint density at radius 1 is 1.15 bits per heavy atom. The van der Waals surface area contributed by atoms with Gasteiger partial charge in [-0.2, -0.15) is 0 Å². The molecule has 0 aliphatic carbocycles. The van der Waals surface area contributed by atoms with Gasteiger partial charge >= 0.3 is 0 Å². The highest BCUT2D eigenvalue weighted by Crippen LogP contribution is 2.27. The fourth-order valence-corrected chi connectivity index (χ4v) is 2.67. The number of carbonyl (C=O) groups excluding carboxylic acids is 1. The Hall–Kier alpha value is -2.87. The van der Waals surface area contributed by atoms with Crippen LogP contribution in [0.5, 0.6) is 11.5 Å². The van der Waals surface area contributed by atoms with Gasteiger partial charge in [0, 0.05) is 13.2 Å². The van der Waals surface area contributed by atoms with Gasteiger partial charge in [-0.3, -0.25) is 4.79 Å². The number of aromatic nitrogens is 2. The summed E-state index contributed by atoms with van der Waals surface area (Å²) in [5, 5.41) is 14.0. The standard InChI is InChI=1S/C18H22N4O4/c1-24-13-6-5-12(10-15(13)25-2)11-19-16-7-8-17(22-21-16)20-18(23)14-4-3-9-26-14/h5-8,10,14H,3-4,9,11H2,1-2H3,(H,19,21)(H,20,22,23). The Balaban J connectivity index is 1.55. The molecule has 2 N–H and O–H groups in total. The van der Waals surface area contributed by atoms with Gasteiger partial charge in [0.25, 0.3) is 5.91 Å². The van der Waals surface area contributed by atoms with Gasteiger partial charge in [-0.05, 0) is 42.7 Å². The fourth-order valence-electron chi connectivity index (χ4n) is 2.67. The summed E-state index contributed by atoms with van der Waals surface area (Å²) in [6, 6.07) is 9.16. The molecular weight excluding hydrogens is 336 g/mol. The number of benzene rings is 1. The zero-order valence-corrected chi connectivity index (χ0v) is 14.8. The van der Waals surface area contributed by atoms with E-state index in [0.717, 1.165) is 18.4 Å². The van der Waals surface area contributed by atoms with Crippen LogP contribution < -0.4 is 20.1 Å². The number of methoxy groups -OCH3 is 2. The van der Waals surface area contributed by atoms with Crippen molar-refractivity contribution in [2.24, 2.45) is 0 Å². The molecule has 1 atom stereocenters. The molecule has 1 aromatic heterocycles. The molecule has 1 aliphatic heterocycles. The van der Waals surface area contributed by atoms with Gasteiger partial charge in [0.05, 0.1) is 14.2 Å². The van der Waals surface area contributed by atoms with E-state index in [0.29, 0.717) is 36.3 Å². The van der Waals surface area contributed by atoms with Crippen molar-refractivity contribution in [3.63, 3.8) is 0 Å². The van der Waals surface area contributed by atoms with Crippen molar-refractivity contribution < 1.29 is 19.0 Å². The van der Waals surface area contributed by atoms with Crippen molar-refractivity contribution in [1.82, 2.24) is 10.2 Å². The van der Waals surface area contributed by atoms with Crippen LogP contribution in [0.3, 0.4) is 0 Å². The van der Waals surface area contributed by atoms with Gasteiger partial charge in [0.1, 0.15) is 11.9 Å². The summed E-state index contributed by atoms with van der Waals surface area (Å²) in [5.74, 6) is 2.19. The average Bonchev–Trinajstić information content (AvgIpc) is 3.22.